The van der Waals surface area contributed by atoms with Gasteiger partial charge in [-0.25, -0.2) is 9.50 Å². The van der Waals surface area contributed by atoms with Crippen LogP contribution in [0.25, 0.3) is 16.8 Å². The summed E-state index contributed by atoms with van der Waals surface area (Å²) in [6, 6.07) is 19.5. The maximum atomic E-state index is 12.6. The standard InChI is InChI=1S/C25H26N6O2/c1-29-14-15-30(2)24(32)23(29)17-8-10-18(11-9-17)27-25-26-16-19-12-13-21(31(19)28-25)20-6-4-5-7-22(20)33-3/h4-13,16,23H,14-15H2,1-3H3,(H,27,28). The zero-order valence-electron chi connectivity index (χ0n) is 18.9. The quantitative estimate of drug-likeness (QED) is 0.509. The van der Waals surface area contributed by atoms with Crippen LogP contribution in [0.15, 0.2) is 66.9 Å². The number of fused-ring (bicyclic) bond motifs is 1. The highest BCUT2D eigenvalue weighted by atomic mass is 16.5. The number of benzene rings is 2. The number of nitrogens with one attached hydrogen (secondary N) is 1. The minimum atomic E-state index is -0.256. The van der Waals surface area contributed by atoms with E-state index in [-0.39, 0.29) is 11.9 Å². The summed E-state index contributed by atoms with van der Waals surface area (Å²) in [5, 5.41) is 7.97. The van der Waals surface area contributed by atoms with Gasteiger partial charge in [-0.3, -0.25) is 9.69 Å². The van der Waals surface area contributed by atoms with E-state index in [4.69, 9.17) is 9.84 Å². The lowest BCUT2D eigenvalue weighted by atomic mass is 10.0. The number of amides is 1. The van der Waals surface area contributed by atoms with Gasteiger partial charge >= 0.3 is 0 Å². The van der Waals surface area contributed by atoms with Crippen LogP contribution in [0.2, 0.25) is 0 Å². The van der Waals surface area contributed by atoms with Crippen molar-refractivity contribution in [2.45, 2.75) is 6.04 Å². The largest absolute Gasteiger partial charge is 0.496 e. The Balaban J connectivity index is 1.41. The topological polar surface area (TPSA) is 75.0 Å². The smallest absolute Gasteiger partial charge is 0.245 e. The number of carbonyl (C=O) groups is 1. The average molecular weight is 443 g/mol. The fourth-order valence-electron chi connectivity index (χ4n) is 4.24. The number of likely N-dealkylation sites (N-methyl/N-ethyl adjacent to an activating group) is 2. The second kappa shape index (κ2) is 8.55. The maximum Gasteiger partial charge on any atom is 0.245 e. The third-order valence-corrected chi connectivity index (χ3v) is 6.10. The Kier molecular flexibility index (Phi) is 5.43. The molecule has 1 aliphatic rings. The van der Waals surface area contributed by atoms with E-state index in [9.17, 15) is 4.79 Å². The van der Waals surface area contributed by atoms with E-state index in [1.807, 2.05) is 79.3 Å². The van der Waals surface area contributed by atoms with Crippen LogP contribution in [-0.4, -0.2) is 64.6 Å². The highest BCUT2D eigenvalue weighted by Gasteiger charge is 2.31. The number of piperazine rings is 1. The number of hydrogen-bond donors (Lipinski definition) is 1. The summed E-state index contributed by atoms with van der Waals surface area (Å²) >= 11 is 0. The van der Waals surface area contributed by atoms with Crippen LogP contribution >= 0.6 is 0 Å². The molecule has 0 saturated carbocycles. The third-order valence-electron chi connectivity index (χ3n) is 6.10. The zero-order chi connectivity index (χ0) is 22.9. The molecule has 1 N–H and O–H groups in total. The van der Waals surface area contributed by atoms with Crippen LogP contribution in [0.5, 0.6) is 5.75 Å². The van der Waals surface area contributed by atoms with Crippen LogP contribution in [0, 0.1) is 0 Å². The Morgan fingerprint density at radius 2 is 1.79 bits per heavy atom. The zero-order valence-corrected chi connectivity index (χ0v) is 18.9. The third kappa shape index (κ3) is 3.89. The molecule has 1 amide bonds. The molecular weight excluding hydrogens is 416 g/mol. The molecule has 1 atom stereocenters. The Morgan fingerprint density at radius 1 is 1.00 bits per heavy atom. The van der Waals surface area contributed by atoms with Gasteiger partial charge in [0.25, 0.3) is 0 Å². The first kappa shape index (κ1) is 21.0. The van der Waals surface area contributed by atoms with E-state index < -0.39 is 0 Å². The fraction of sp³-hybridized carbons (Fsp3) is 0.240. The first-order valence-electron chi connectivity index (χ1n) is 10.9. The van der Waals surface area contributed by atoms with Crippen molar-refractivity contribution >= 4 is 23.1 Å². The predicted molar refractivity (Wildman–Crippen MR) is 128 cm³/mol. The van der Waals surface area contributed by atoms with Crippen LogP contribution in [0.1, 0.15) is 11.6 Å². The van der Waals surface area contributed by atoms with Gasteiger partial charge in [-0.1, -0.05) is 24.3 Å². The highest BCUT2D eigenvalue weighted by molar-refractivity contribution is 5.84. The van der Waals surface area contributed by atoms with Gasteiger partial charge in [0.05, 0.1) is 24.5 Å². The van der Waals surface area contributed by atoms with Gasteiger partial charge in [-0.15, -0.1) is 5.10 Å². The predicted octanol–water partition coefficient (Wildman–Crippen LogP) is 3.59. The van der Waals surface area contributed by atoms with Crippen molar-refractivity contribution in [1.29, 1.82) is 0 Å². The molecule has 1 aliphatic heterocycles. The molecule has 0 aliphatic carbocycles. The molecule has 2 aromatic carbocycles. The molecule has 168 valence electrons. The summed E-state index contributed by atoms with van der Waals surface area (Å²) in [6.45, 7) is 1.60. The normalized spacial score (nSPS) is 16.9. The Hall–Kier alpha value is -3.91. The summed E-state index contributed by atoms with van der Waals surface area (Å²) in [6.07, 6.45) is 1.79. The van der Waals surface area contributed by atoms with Gasteiger partial charge in [-0.05, 0) is 49.0 Å². The second-order valence-electron chi connectivity index (χ2n) is 8.23. The minimum absolute atomic E-state index is 0.120. The molecule has 2 aromatic heterocycles. The lowest BCUT2D eigenvalue weighted by molar-refractivity contribution is -0.139. The van der Waals surface area contributed by atoms with Crippen molar-refractivity contribution < 1.29 is 9.53 Å². The summed E-state index contributed by atoms with van der Waals surface area (Å²) < 4.78 is 7.38. The molecule has 5 rings (SSSR count). The van der Waals surface area contributed by atoms with E-state index >= 15 is 0 Å². The van der Waals surface area contributed by atoms with Crippen LogP contribution in [0.4, 0.5) is 11.6 Å². The molecular formula is C25H26N6O2. The summed E-state index contributed by atoms with van der Waals surface area (Å²) in [4.78, 5) is 21.0. The van der Waals surface area contributed by atoms with E-state index in [0.717, 1.165) is 46.9 Å². The number of anilines is 2. The molecule has 3 heterocycles. The number of carbonyl (C=O) groups excluding carboxylic acids is 1. The Morgan fingerprint density at radius 3 is 2.58 bits per heavy atom. The molecule has 33 heavy (non-hydrogen) atoms. The first-order chi connectivity index (χ1) is 16.0. The highest BCUT2D eigenvalue weighted by Crippen LogP contribution is 2.31. The molecule has 1 fully saturated rings. The summed E-state index contributed by atoms with van der Waals surface area (Å²) in [5.74, 6) is 1.39. The maximum absolute atomic E-state index is 12.6. The summed E-state index contributed by atoms with van der Waals surface area (Å²) in [7, 11) is 5.50. The average Bonchev–Trinajstić information content (AvgIpc) is 3.26. The van der Waals surface area contributed by atoms with E-state index in [2.05, 4.69) is 15.2 Å². The van der Waals surface area contributed by atoms with E-state index in [1.54, 1.807) is 18.2 Å². The van der Waals surface area contributed by atoms with Gasteiger partial charge in [0.2, 0.25) is 11.9 Å². The van der Waals surface area contributed by atoms with Crippen molar-refractivity contribution in [3.05, 3.63) is 72.4 Å². The van der Waals surface area contributed by atoms with Gasteiger partial charge in [-0.2, -0.15) is 0 Å². The van der Waals surface area contributed by atoms with Crippen molar-refractivity contribution in [1.82, 2.24) is 24.4 Å². The van der Waals surface area contributed by atoms with Crippen molar-refractivity contribution in [2.24, 2.45) is 0 Å². The molecule has 8 nitrogen and oxygen atoms in total. The minimum Gasteiger partial charge on any atom is -0.496 e. The number of nitrogens with zero attached hydrogens (tertiary/aromatic N) is 5. The number of hydrogen-bond acceptors (Lipinski definition) is 6. The molecule has 8 heteroatoms. The summed E-state index contributed by atoms with van der Waals surface area (Å²) in [5.41, 5.74) is 4.59. The van der Waals surface area contributed by atoms with E-state index in [0.29, 0.717) is 5.95 Å². The monoisotopic (exact) mass is 442 g/mol. The first-order valence-corrected chi connectivity index (χ1v) is 10.9. The van der Waals surface area contributed by atoms with Gasteiger partial charge < -0.3 is 15.0 Å². The second-order valence-corrected chi connectivity index (χ2v) is 8.23. The lowest BCUT2D eigenvalue weighted by Gasteiger charge is -2.37. The number of aromatic nitrogens is 3. The van der Waals surface area contributed by atoms with Crippen molar-refractivity contribution in [3.63, 3.8) is 0 Å². The molecule has 0 radical (unpaired) electrons. The van der Waals surface area contributed by atoms with Gasteiger partial charge in [0, 0.05) is 31.4 Å². The van der Waals surface area contributed by atoms with E-state index in [1.165, 1.54) is 0 Å². The van der Waals surface area contributed by atoms with Gasteiger partial charge in [0.15, 0.2) is 0 Å². The fourth-order valence-corrected chi connectivity index (χ4v) is 4.24. The Labute approximate surface area is 192 Å². The number of rotatable bonds is 5. The van der Waals surface area contributed by atoms with Crippen LogP contribution < -0.4 is 10.1 Å². The molecule has 1 saturated heterocycles. The molecule has 1 unspecified atom stereocenters. The molecule has 4 aromatic rings. The lowest BCUT2D eigenvalue weighted by Crippen LogP contribution is -2.48. The number of para-hydroxylation sites is 1. The molecule has 0 spiro atoms. The van der Waals surface area contributed by atoms with Crippen molar-refractivity contribution in [2.75, 3.05) is 39.6 Å². The SMILES string of the molecule is COc1ccccc1-c1ccc2cnc(Nc3ccc(C4C(=O)N(C)CCN4C)cc3)nn12. The number of ether oxygens (including phenoxy) is 1. The Bertz CT molecular complexity index is 1300. The number of methoxy groups -OCH3 is 1. The van der Waals surface area contributed by atoms with Crippen LogP contribution in [0.3, 0.4) is 0 Å². The van der Waals surface area contributed by atoms with Gasteiger partial charge in [0.1, 0.15) is 11.8 Å². The van der Waals surface area contributed by atoms with Crippen LogP contribution in [-0.2, 0) is 4.79 Å². The molecule has 0 bridgehead atoms. The van der Waals surface area contributed by atoms with Crippen molar-refractivity contribution in [3.8, 4) is 17.0 Å².